The first-order valence-corrected chi connectivity index (χ1v) is 11.3. The Hall–Kier alpha value is -3.33. The number of ether oxygens (including phenoxy) is 1. The molecule has 0 saturated heterocycles. The van der Waals surface area contributed by atoms with Crippen LogP contribution in [0.25, 0.3) is 0 Å². The van der Waals surface area contributed by atoms with Crippen LogP contribution in [0, 0.1) is 11.7 Å². The van der Waals surface area contributed by atoms with Crippen LogP contribution in [0.2, 0.25) is 0 Å². The Morgan fingerprint density at radius 2 is 1.91 bits per heavy atom. The zero-order valence-electron chi connectivity index (χ0n) is 20.3. The number of carbonyl (C=O) groups is 2. The molecule has 0 bridgehead atoms. The topological polar surface area (TPSA) is 85.3 Å². The lowest BCUT2D eigenvalue weighted by molar-refractivity contribution is 0.0372. The van der Waals surface area contributed by atoms with Gasteiger partial charge in [-0.25, -0.2) is 9.18 Å². The summed E-state index contributed by atoms with van der Waals surface area (Å²) in [5, 5.41) is 12.5. The molecule has 0 radical (unpaired) electrons. The number of amides is 3. The second kappa shape index (κ2) is 10.7. The van der Waals surface area contributed by atoms with Crippen molar-refractivity contribution < 1.29 is 23.8 Å². The van der Waals surface area contributed by atoms with E-state index in [1.807, 2.05) is 32.0 Å². The third-order valence-electron chi connectivity index (χ3n) is 6.05. The number of urea groups is 1. The summed E-state index contributed by atoms with van der Waals surface area (Å²) in [6.45, 7) is 4.23. The molecule has 0 aromatic heterocycles. The van der Waals surface area contributed by atoms with Gasteiger partial charge in [0.25, 0.3) is 5.91 Å². The molecule has 3 rings (SSSR count). The van der Waals surface area contributed by atoms with E-state index >= 15 is 0 Å². The Labute approximate surface area is 199 Å². The van der Waals surface area contributed by atoms with Gasteiger partial charge in [0, 0.05) is 39.3 Å². The van der Waals surface area contributed by atoms with Gasteiger partial charge in [-0.3, -0.25) is 4.79 Å². The van der Waals surface area contributed by atoms with Gasteiger partial charge in [0.2, 0.25) is 0 Å². The molecule has 9 heteroatoms. The highest BCUT2D eigenvalue weighted by Gasteiger charge is 2.35. The Kier molecular flexibility index (Phi) is 7.98. The molecule has 0 aliphatic carbocycles. The van der Waals surface area contributed by atoms with Gasteiger partial charge in [-0.15, -0.1) is 0 Å². The van der Waals surface area contributed by atoms with Crippen LogP contribution in [-0.4, -0.2) is 79.8 Å². The van der Waals surface area contributed by atoms with Gasteiger partial charge in [0.1, 0.15) is 11.9 Å². The molecule has 0 fully saturated rings. The van der Waals surface area contributed by atoms with Crippen molar-refractivity contribution in [2.45, 2.75) is 26.0 Å². The maximum atomic E-state index is 13.4. The minimum Gasteiger partial charge on any atom is -0.485 e. The highest BCUT2D eigenvalue weighted by Crippen LogP contribution is 2.36. The zero-order chi connectivity index (χ0) is 25.0. The number of aliphatic hydroxyl groups is 1. The number of anilines is 2. The molecular formula is C25H33FN4O4. The quantitative estimate of drug-likeness (QED) is 0.674. The number of aliphatic hydroxyl groups excluding tert-OH is 1. The molecular weight excluding hydrogens is 439 g/mol. The van der Waals surface area contributed by atoms with E-state index in [-0.39, 0.29) is 42.9 Å². The molecule has 34 heavy (non-hydrogen) atoms. The zero-order valence-corrected chi connectivity index (χ0v) is 20.3. The van der Waals surface area contributed by atoms with E-state index in [0.717, 1.165) is 5.69 Å². The average Bonchev–Trinajstić information content (AvgIpc) is 2.81. The molecule has 2 N–H and O–H groups in total. The highest BCUT2D eigenvalue weighted by atomic mass is 19.1. The third kappa shape index (κ3) is 5.59. The van der Waals surface area contributed by atoms with Crippen LogP contribution < -0.4 is 15.0 Å². The monoisotopic (exact) mass is 472 g/mol. The van der Waals surface area contributed by atoms with Crippen molar-refractivity contribution in [2.75, 3.05) is 51.1 Å². The fourth-order valence-corrected chi connectivity index (χ4v) is 3.90. The number of nitrogens with zero attached hydrogens (tertiary/aromatic N) is 3. The van der Waals surface area contributed by atoms with Crippen molar-refractivity contribution in [3.05, 3.63) is 53.8 Å². The molecule has 2 aromatic carbocycles. The predicted molar refractivity (Wildman–Crippen MR) is 130 cm³/mol. The summed E-state index contributed by atoms with van der Waals surface area (Å²) in [5.74, 6) is -0.262. The van der Waals surface area contributed by atoms with Crippen molar-refractivity contribution in [3.8, 4) is 5.75 Å². The summed E-state index contributed by atoms with van der Waals surface area (Å²) in [6, 6.07) is 10.2. The van der Waals surface area contributed by atoms with E-state index in [2.05, 4.69) is 5.32 Å². The summed E-state index contributed by atoms with van der Waals surface area (Å²) in [4.78, 5) is 31.2. The number of nitrogens with one attached hydrogen (secondary N) is 1. The van der Waals surface area contributed by atoms with Crippen molar-refractivity contribution in [3.63, 3.8) is 0 Å². The maximum absolute atomic E-state index is 13.4. The van der Waals surface area contributed by atoms with Crippen molar-refractivity contribution in [1.29, 1.82) is 0 Å². The van der Waals surface area contributed by atoms with E-state index < -0.39 is 6.10 Å². The van der Waals surface area contributed by atoms with Gasteiger partial charge in [-0.2, -0.15) is 0 Å². The van der Waals surface area contributed by atoms with Crippen LogP contribution in [0.3, 0.4) is 0 Å². The summed E-state index contributed by atoms with van der Waals surface area (Å²) in [6.07, 6.45) is -0.426. The van der Waals surface area contributed by atoms with E-state index in [9.17, 15) is 19.1 Å². The van der Waals surface area contributed by atoms with Crippen LogP contribution in [0.4, 0.5) is 20.6 Å². The molecule has 0 saturated carbocycles. The number of hydrogen-bond acceptors (Lipinski definition) is 5. The minimum atomic E-state index is -0.426. The van der Waals surface area contributed by atoms with Gasteiger partial charge in [0.05, 0.1) is 30.4 Å². The van der Waals surface area contributed by atoms with Crippen molar-refractivity contribution in [1.82, 2.24) is 9.80 Å². The molecule has 1 aliphatic heterocycles. The van der Waals surface area contributed by atoms with Gasteiger partial charge < -0.3 is 29.9 Å². The van der Waals surface area contributed by atoms with E-state index in [4.69, 9.17) is 4.74 Å². The van der Waals surface area contributed by atoms with E-state index in [1.165, 1.54) is 29.2 Å². The van der Waals surface area contributed by atoms with Crippen LogP contribution in [0.5, 0.6) is 5.75 Å². The number of likely N-dealkylation sites (N-methyl/N-ethyl adjacent to an activating group) is 1. The molecule has 3 amide bonds. The van der Waals surface area contributed by atoms with Crippen LogP contribution in [0.15, 0.2) is 42.5 Å². The van der Waals surface area contributed by atoms with Crippen LogP contribution >= 0.6 is 0 Å². The van der Waals surface area contributed by atoms with Crippen molar-refractivity contribution >= 4 is 23.3 Å². The lowest BCUT2D eigenvalue weighted by atomic mass is 9.99. The van der Waals surface area contributed by atoms with Crippen LogP contribution in [0.1, 0.15) is 24.2 Å². The van der Waals surface area contributed by atoms with Gasteiger partial charge >= 0.3 is 6.03 Å². The molecule has 1 aliphatic rings. The fourth-order valence-electron chi connectivity index (χ4n) is 3.90. The predicted octanol–water partition coefficient (Wildman–Crippen LogP) is 3.28. The largest absolute Gasteiger partial charge is 0.485 e. The Morgan fingerprint density at radius 3 is 2.53 bits per heavy atom. The number of carbonyl (C=O) groups excluding carboxylic acids is 2. The SMILES string of the molecule is C[C@H](CO)N1C[C@H](C)[C@@H](CN(C)C(=O)Nc2ccc(F)cc2)Oc2c(cccc2N(C)C)C1=O. The number of halogens is 1. The Morgan fingerprint density at radius 1 is 1.24 bits per heavy atom. The number of benzene rings is 2. The molecule has 0 unspecified atom stereocenters. The molecule has 1 heterocycles. The molecule has 8 nitrogen and oxygen atoms in total. The summed E-state index contributed by atoms with van der Waals surface area (Å²) in [5.41, 5.74) is 1.65. The van der Waals surface area contributed by atoms with Crippen LogP contribution in [-0.2, 0) is 0 Å². The summed E-state index contributed by atoms with van der Waals surface area (Å²) >= 11 is 0. The third-order valence-corrected chi connectivity index (χ3v) is 6.05. The van der Waals surface area contributed by atoms with Gasteiger partial charge in [-0.05, 0) is 43.3 Å². The standard InChI is InChI=1S/C25H33FN4O4/c1-16-13-30(17(2)15-31)24(32)20-7-6-8-21(28(3)4)23(20)34-22(16)14-29(5)25(33)27-19-11-9-18(26)10-12-19/h6-12,16-17,22,31H,13-15H2,1-5H3,(H,27,33)/t16-,17+,22+/m0/s1. The summed E-state index contributed by atoms with van der Waals surface area (Å²) in [7, 11) is 5.40. The number of rotatable bonds is 6. The second-order valence-electron chi connectivity index (χ2n) is 8.99. The molecule has 184 valence electrons. The Balaban J connectivity index is 1.89. The maximum Gasteiger partial charge on any atom is 0.321 e. The lowest BCUT2D eigenvalue weighted by Crippen LogP contribution is -2.50. The van der Waals surface area contributed by atoms with E-state index in [0.29, 0.717) is 23.5 Å². The van der Waals surface area contributed by atoms with E-state index in [1.54, 1.807) is 31.0 Å². The Bertz CT molecular complexity index is 1010. The van der Waals surface area contributed by atoms with Gasteiger partial charge in [-0.1, -0.05) is 13.0 Å². The first-order valence-electron chi connectivity index (χ1n) is 11.3. The number of hydrogen-bond donors (Lipinski definition) is 2. The lowest BCUT2D eigenvalue weighted by Gasteiger charge is -2.39. The first-order chi connectivity index (χ1) is 16.1. The number of fused-ring (bicyclic) bond motifs is 1. The van der Waals surface area contributed by atoms with Crippen molar-refractivity contribution in [2.24, 2.45) is 5.92 Å². The van der Waals surface area contributed by atoms with Gasteiger partial charge in [0.15, 0.2) is 5.75 Å². The normalized spacial score (nSPS) is 18.8. The molecule has 2 aromatic rings. The smallest absolute Gasteiger partial charge is 0.321 e. The highest BCUT2D eigenvalue weighted by molar-refractivity contribution is 5.99. The summed E-state index contributed by atoms with van der Waals surface area (Å²) < 4.78 is 19.6. The number of para-hydroxylation sites is 1. The molecule has 0 spiro atoms. The minimum absolute atomic E-state index is 0.137. The second-order valence-corrected chi connectivity index (χ2v) is 8.99. The fraction of sp³-hybridized carbons (Fsp3) is 0.440. The first kappa shape index (κ1) is 25.3. The average molecular weight is 473 g/mol. The molecule has 3 atom stereocenters.